The second-order valence-corrected chi connectivity index (χ2v) is 6.38. The summed E-state index contributed by atoms with van der Waals surface area (Å²) >= 11 is 0. The fourth-order valence-electron chi connectivity index (χ4n) is 2.48. The molecule has 1 unspecified atom stereocenters. The molecule has 116 valence electrons. The molecule has 20 heavy (non-hydrogen) atoms. The van der Waals surface area contributed by atoms with Crippen LogP contribution >= 0.6 is 0 Å². The van der Waals surface area contributed by atoms with Gasteiger partial charge in [0, 0.05) is 18.2 Å². The first kappa shape index (κ1) is 16.9. The summed E-state index contributed by atoms with van der Waals surface area (Å²) < 4.78 is 0. The van der Waals surface area contributed by atoms with Crippen molar-refractivity contribution in [2.45, 2.75) is 58.0 Å². The summed E-state index contributed by atoms with van der Waals surface area (Å²) in [6.07, 6.45) is 3.78. The van der Waals surface area contributed by atoms with Gasteiger partial charge in [-0.05, 0) is 53.0 Å². The van der Waals surface area contributed by atoms with E-state index in [1.54, 1.807) is 0 Å². The summed E-state index contributed by atoms with van der Waals surface area (Å²) in [6, 6.07) is -0.104. The minimum atomic E-state index is -0.450. The van der Waals surface area contributed by atoms with Crippen molar-refractivity contribution in [2.75, 3.05) is 19.7 Å². The van der Waals surface area contributed by atoms with Gasteiger partial charge in [-0.2, -0.15) is 0 Å². The molecule has 6 nitrogen and oxygen atoms in total. The van der Waals surface area contributed by atoms with E-state index < -0.39 is 6.03 Å². The van der Waals surface area contributed by atoms with Crippen molar-refractivity contribution in [3.8, 4) is 0 Å². The molecule has 0 aromatic heterocycles. The van der Waals surface area contributed by atoms with Crippen LogP contribution in [0.3, 0.4) is 0 Å². The van der Waals surface area contributed by atoms with Crippen LogP contribution in [0.2, 0.25) is 0 Å². The molecule has 0 bridgehead atoms. The molecule has 0 aromatic rings. The van der Waals surface area contributed by atoms with Gasteiger partial charge in [0.2, 0.25) is 5.91 Å². The van der Waals surface area contributed by atoms with Gasteiger partial charge in [-0.25, -0.2) is 4.79 Å². The quantitative estimate of drug-likeness (QED) is 0.699. The molecule has 1 saturated heterocycles. The molecule has 0 aliphatic carbocycles. The topological polar surface area (TPSA) is 81.7 Å². The predicted molar refractivity (Wildman–Crippen MR) is 77.3 cm³/mol. The highest BCUT2D eigenvalue weighted by molar-refractivity contribution is 5.95. The molecule has 1 aliphatic heterocycles. The first-order valence-corrected chi connectivity index (χ1v) is 7.29. The van der Waals surface area contributed by atoms with Crippen LogP contribution < -0.4 is 10.6 Å². The Kier molecular flexibility index (Phi) is 6.42. The van der Waals surface area contributed by atoms with Gasteiger partial charge in [-0.1, -0.05) is 0 Å². The molecule has 1 atom stereocenters. The largest absolute Gasteiger partial charge is 0.396 e. The zero-order valence-corrected chi connectivity index (χ0v) is 12.7. The number of likely N-dealkylation sites (tertiary alicyclic amines) is 1. The van der Waals surface area contributed by atoms with E-state index in [1.165, 1.54) is 0 Å². The Morgan fingerprint density at radius 2 is 2.05 bits per heavy atom. The van der Waals surface area contributed by atoms with E-state index >= 15 is 0 Å². The molecule has 0 saturated carbocycles. The SMILES string of the molecule is CC(C)(C)NC(=O)NC(=O)CN1CCCC1CCCO. The lowest BCUT2D eigenvalue weighted by Crippen LogP contribution is -2.50. The molecule has 6 heteroatoms. The monoisotopic (exact) mass is 285 g/mol. The van der Waals surface area contributed by atoms with Crippen molar-refractivity contribution in [1.29, 1.82) is 0 Å². The predicted octanol–water partition coefficient (Wildman–Crippen LogP) is 0.848. The molecular weight excluding hydrogens is 258 g/mol. The molecule has 3 amide bonds. The normalized spacial score (nSPS) is 19.9. The number of nitrogens with one attached hydrogen (secondary N) is 2. The Morgan fingerprint density at radius 1 is 1.35 bits per heavy atom. The number of imide groups is 1. The summed E-state index contributed by atoms with van der Waals surface area (Å²) in [5.41, 5.74) is -0.359. The Balaban J connectivity index is 2.36. The van der Waals surface area contributed by atoms with Crippen molar-refractivity contribution in [3.05, 3.63) is 0 Å². The van der Waals surface area contributed by atoms with Crippen molar-refractivity contribution < 1.29 is 14.7 Å². The van der Waals surface area contributed by atoms with Crippen LogP contribution in [-0.2, 0) is 4.79 Å². The number of carbonyl (C=O) groups excluding carboxylic acids is 2. The van der Waals surface area contributed by atoms with Crippen LogP contribution in [0.1, 0.15) is 46.5 Å². The number of nitrogens with zero attached hydrogens (tertiary/aromatic N) is 1. The van der Waals surface area contributed by atoms with Gasteiger partial charge in [0.25, 0.3) is 0 Å². The number of aliphatic hydroxyl groups is 1. The van der Waals surface area contributed by atoms with Crippen molar-refractivity contribution >= 4 is 11.9 Å². The van der Waals surface area contributed by atoms with Crippen molar-refractivity contribution in [3.63, 3.8) is 0 Å². The first-order valence-electron chi connectivity index (χ1n) is 7.29. The van der Waals surface area contributed by atoms with Gasteiger partial charge in [0.15, 0.2) is 0 Å². The molecule has 0 radical (unpaired) electrons. The van der Waals surface area contributed by atoms with E-state index in [9.17, 15) is 9.59 Å². The second-order valence-electron chi connectivity index (χ2n) is 6.38. The zero-order valence-electron chi connectivity index (χ0n) is 12.7. The van der Waals surface area contributed by atoms with Gasteiger partial charge >= 0.3 is 6.03 Å². The van der Waals surface area contributed by atoms with Crippen molar-refractivity contribution in [2.24, 2.45) is 0 Å². The highest BCUT2D eigenvalue weighted by Crippen LogP contribution is 2.20. The third-order valence-corrected chi connectivity index (χ3v) is 3.28. The maximum atomic E-state index is 11.9. The third-order valence-electron chi connectivity index (χ3n) is 3.28. The van der Waals surface area contributed by atoms with Gasteiger partial charge in [-0.15, -0.1) is 0 Å². The highest BCUT2D eigenvalue weighted by atomic mass is 16.3. The summed E-state index contributed by atoms with van der Waals surface area (Å²) in [5, 5.41) is 13.9. The number of amides is 3. The number of carbonyl (C=O) groups is 2. The van der Waals surface area contributed by atoms with E-state index in [4.69, 9.17) is 5.11 Å². The standard InChI is InChI=1S/C14H27N3O3/c1-14(2,3)16-13(20)15-12(19)10-17-8-4-6-11(17)7-5-9-18/h11,18H,4-10H2,1-3H3,(H2,15,16,19,20). The van der Waals surface area contributed by atoms with Gasteiger partial charge in [0.1, 0.15) is 0 Å². The summed E-state index contributed by atoms with van der Waals surface area (Å²) in [7, 11) is 0. The lowest BCUT2D eigenvalue weighted by molar-refractivity contribution is -0.121. The maximum Gasteiger partial charge on any atom is 0.321 e. The van der Waals surface area contributed by atoms with Crippen LogP contribution in [0, 0.1) is 0 Å². The summed E-state index contributed by atoms with van der Waals surface area (Å²) in [4.78, 5) is 25.5. The number of rotatable bonds is 5. The fraction of sp³-hybridized carbons (Fsp3) is 0.857. The average molecular weight is 285 g/mol. The van der Waals surface area contributed by atoms with E-state index in [2.05, 4.69) is 15.5 Å². The number of hydrogen-bond acceptors (Lipinski definition) is 4. The molecule has 0 spiro atoms. The first-order chi connectivity index (χ1) is 9.31. The zero-order chi connectivity index (χ0) is 15.2. The summed E-state index contributed by atoms with van der Waals surface area (Å²) in [5.74, 6) is -0.275. The lowest BCUT2D eigenvalue weighted by Gasteiger charge is -2.24. The lowest BCUT2D eigenvalue weighted by atomic mass is 10.1. The Hall–Kier alpha value is -1.14. The minimum absolute atomic E-state index is 0.185. The number of aliphatic hydroxyl groups excluding tert-OH is 1. The molecule has 1 aliphatic rings. The Morgan fingerprint density at radius 3 is 2.65 bits per heavy atom. The van der Waals surface area contributed by atoms with Crippen LogP contribution in [0.15, 0.2) is 0 Å². The molecule has 1 heterocycles. The van der Waals surface area contributed by atoms with Crippen molar-refractivity contribution in [1.82, 2.24) is 15.5 Å². The van der Waals surface area contributed by atoms with Gasteiger partial charge in [0.05, 0.1) is 6.54 Å². The number of hydrogen-bond donors (Lipinski definition) is 3. The van der Waals surface area contributed by atoms with Gasteiger partial charge < -0.3 is 10.4 Å². The molecule has 3 N–H and O–H groups in total. The molecular formula is C14H27N3O3. The molecule has 1 rings (SSSR count). The maximum absolute atomic E-state index is 11.9. The average Bonchev–Trinajstić information content (AvgIpc) is 2.70. The molecule has 0 aromatic carbocycles. The fourth-order valence-corrected chi connectivity index (χ4v) is 2.48. The Bertz CT molecular complexity index is 339. The third kappa shape index (κ3) is 6.34. The van der Waals surface area contributed by atoms with E-state index in [1.807, 2.05) is 20.8 Å². The second kappa shape index (κ2) is 7.59. The molecule has 1 fully saturated rings. The minimum Gasteiger partial charge on any atom is -0.396 e. The summed E-state index contributed by atoms with van der Waals surface area (Å²) in [6.45, 7) is 6.90. The van der Waals surface area contributed by atoms with E-state index in [0.29, 0.717) is 6.04 Å². The van der Waals surface area contributed by atoms with E-state index in [-0.39, 0.29) is 24.6 Å². The van der Waals surface area contributed by atoms with Crippen LogP contribution in [0.5, 0.6) is 0 Å². The number of urea groups is 1. The van der Waals surface area contributed by atoms with Gasteiger partial charge in [-0.3, -0.25) is 15.0 Å². The van der Waals surface area contributed by atoms with E-state index in [0.717, 1.165) is 32.2 Å². The highest BCUT2D eigenvalue weighted by Gasteiger charge is 2.26. The van der Waals surface area contributed by atoms with Crippen LogP contribution in [-0.4, -0.2) is 53.2 Å². The smallest absolute Gasteiger partial charge is 0.321 e. The van der Waals surface area contributed by atoms with Crippen LogP contribution in [0.25, 0.3) is 0 Å². The Labute approximate surface area is 120 Å². The van der Waals surface area contributed by atoms with Crippen LogP contribution in [0.4, 0.5) is 4.79 Å².